The van der Waals surface area contributed by atoms with Gasteiger partial charge in [0.2, 0.25) is 0 Å². The summed E-state index contributed by atoms with van der Waals surface area (Å²) in [6.45, 7) is 3.24. The molecule has 2 rings (SSSR count). The molecule has 0 aliphatic heterocycles. The number of rotatable bonds is 3. The van der Waals surface area contributed by atoms with Crippen molar-refractivity contribution in [3.8, 4) is 0 Å². The summed E-state index contributed by atoms with van der Waals surface area (Å²) < 4.78 is 20.2. The van der Waals surface area contributed by atoms with Crippen molar-refractivity contribution in [3.63, 3.8) is 0 Å². The highest BCUT2D eigenvalue weighted by Gasteiger charge is 2.16. The van der Waals surface area contributed by atoms with E-state index in [2.05, 4.69) is 5.10 Å². The third-order valence-corrected chi connectivity index (χ3v) is 3.71. The third kappa shape index (κ3) is 3.00. The number of aromatic nitrogens is 2. The minimum atomic E-state index is -0.671. The Hall–Kier alpha value is -2.08. The maximum Gasteiger partial charge on any atom is 0.338 e. The molecule has 0 aliphatic carbocycles. The number of nitrogen functional groups attached to an aromatic ring is 1. The van der Waals surface area contributed by atoms with Crippen molar-refractivity contribution in [1.82, 2.24) is 9.78 Å². The minimum Gasteiger partial charge on any atom is -0.456 e. The van der Waals surface area contributed by atoms with E-state index in [1.807, 2.05) is 0 Å². The lowest BCUT2D eigenvalue weighted by atomic mass is 10.1. The molecule has 1 aromatic heterocycles. The van der Waals surface area contributed by atoms with Gasteiger partial charge in [-0.1, -0.05) is 11.6 Å². The highest BCUT2D eigenvalue weighted by molar-refractivity contribution is 6.31. The molecule has 112 valence electrons. The zero-order valence-corrected chi connectivity index (χ0v) is 12.7. The molecule has 0 amide bonds. The van der Waals surface area contributed by atoms with E-state index in [4.69, 9.17) is 22.1 Å². The number of nitrogens with two attached hydrogens (primary N) is 1. The smallest absolute Gasteiger partial charge is 0.338 e. The van der Waals surface area contributed by atoms with E-state index in [0.29, 0.717) is 22.0 Å². The number of carbonyl (C=O) groups is 1. The van der Waals surface area contributed by atoms with E-state index in [1.54, 1.807) is 14.0 Å². The van der Waals surface area contributed by atoms with Crippen molar-refractivity contribution >= 4 is 23.3 Å². The number of aryl methyl sites for hydroxylation is 2. The lowest BCUT2D eigenvalue weighted by Crippen LogP contribution is -2.09. The third-order valence-electron chi connectivity index (χ3n) is 3.22. The second-order valence-electron chi connectivity index (χ2n) is 4.72. The fourth-order valence-electron chi connectivity index (χ4n) is 1.87. The van der Waals surface area contributed by atoms with Crippen molar-refractivity contribution in [2.24, 2.45) is 7.05 Å². The van der Waals surface area contributed by atoms with Gasteiger partial charge in [-0.2, -0.15) is 5.10 Å². The van der Waals surface area contributed by atoms with Gasteiger partial charge < -0.3 is 10.5 Å². The Morgan fingerprint density at radius 1 is 1.48 bits per heavy atom. The van der Waals surface area contributed by atoms with Gasteiger partial charge in [0.1, 0.15) is 12.4 Å². The van der Waals surface area contributed by atoms with Crippen LogP contribution in [0, 0.1) is 19.7 Å². The number of nitrogens with zero attached hydrogens (tertiary/aromatic N) is 2. The van der Waals surface area contributed by atoms with E-state index in [9.17, 15) is 9.18 Å². The largest absolute Gasteiger partial charge is 0.456 e. The van der Waals surface area contributed by atoms with Crippen LogP contribution in [0.2, 0.25) is 5.02 Å². The van der Waals surface area contributed by atoms with Crippen LogP contribution in [0.5, 0.6) is 0 Å². The summed E-state index contributed by atoms with van der Waals surface area (Å²) in [5, 5.41) is 4.56. The summed E-state index contributed by atoms with van der Waals surface area (Å²) in [5.41, 5.74) is 7.42. The van der Waals surface area contributed by atoms with Gasteiger partial charge in [-0.05, 0) is 26.0 Å². The Morgan fingerprint density at radius 2 is 2.14 bits per heavy atom. The number of hydrogen-bond acceptors (Lipinski definition) is 4. The topological polar surface area (TPSA) is 70.1 Å². The molecule has 5 nitrogen and oxygen atoms in total. The normalized spacial score (nSPS) is 10.7. The minimum absolute atomic E-state index is 0.0512. The fourth-order valence-corrected chi connectivity index (χ4v) is 2.09. The van der Waals surface area contributed by atoms with Crippen molar-refractivity contribution in [2.45, 2.75) is 20.5 Å². The lowest BCUT2D eigenvalue weighted by Gasteiger charge is -2.08. The van der Waals surface area contributed by atoms with Crippen molar-refractivity contribution in [1.29, 1.82) is 0 Å². The predicted molar refractivity (Wildman–Crippen MR) is 77.6 cm³/mol. The van der Waals surface area contributed by atoms with Crippen LogP contribution < -0.4 is 5.73 Å². The number of esters is 1. The highest BCUT2D eigenvalue weighted by Crippen LogP contribution is 2.22. The van der Waals surface area contributed by atoms with Crippen molar-refractivity contribution < 1.29 is 13.9 Å². The second-order valence-corrected chi connectivity index (χ2v) is 5.10. The predicted octanol–water partition coefficient (Wildman–Crippen LogP) is 2.77. The molecule has 0 atom stereocenters. The number of anilines is 1. The van der Waals surface area contributed by atoms with E-state index >= 15 is 0 Å². The quantitative estimate of drug-likeness (QED) is 0.699. The van der Waals surface area contributed by atoms with Crippen LogP contribution in [0.4, 0.5) is 10.1 Å². The van der Waals surface area contributed by atoms with E-state index in [0.717, 1.165) is 6.07 Å². The van der Waals surface area contributed by atoms with Crippen LogP contribution in [0.1, 0.15) is 27.3 Å². The summed E-state index contributed by atoms with van der Waals surface area (Å²) in [4.78, 5) is 11.9. The van der Waals surface area contributed by atoms with Crippen LogP contribution in [-0.2, 0) is 18.4 Å². The highest BCUT2D eigenvalue weighted by atomic mass is 35.5. The first-order valence-corrected chi connectivity index (χ1v) is 6.59. The van der Waals surface area contributed by atoms with Crippen LogP contribution in [0.15, 0.2) is 12.1 Å². The first-order chi connectivity index (χ1) is 9.81. The number of benzene rings is 1. The monoisotopic (exact) mass is 311 g/mol. The van der Waals surface area contributed by atoms with Gasteiger partial charge in [0.05, 0.1) is 22.0 Å². The van der Waals surface area contributed by atoms with E-state index < -0.39 is 11.8 Å². The second kappa shape index (κ2) is 5.73. The molecule has 2 N–H and O–H groups in total. The Morgan fingerprint density at radius 3 is 2.67 bits per heavy atom. The van der Waals surface area contributed by atoms with Gasteiger partial charge in [0, 0.05) is 18.3 Å². The average Bonchev–Trinajstić information content (AvgIpc) is 2.66. The zero-order chi connectivity index (χ0) is 15.7. The van der Waals surface area contributed by atoms with Crippen LogP contribution in [0.25, 0.3) is 0 Å². The van der Waals surface area contributed by atoms with Crippen LogP contribution in [0.3, 0.4) is 0 Å². The van der Waals surface area contributed by atoms with Crippen LogP contribution >= 0.6 is 11.6 Å². The number of hydrogen-bond donors (Lipinski definition) is 1. The fraction of sp³-hybridized carbons (Fsp3) is 0.286. The summed E-state index contributed by atoms with van der Waals surface area (Å²) >= 11 is 6.06. The Balaban J connectivity index is 2.16. The van der Waals surface area contributed by atoms with Gasteiger partial charge in [0.25, 0.3) is 0 Å². The summed E-state index contributed by atoms with van der Waals surface area (Å²) in [5.74, 6) is -1.22. The number of ether oxygens (including phenoxy) is 1. The van der Waals surface area contributed by atoms with E-state index in [1.165, 1.54) is 17.7 Å². The molecule has 2 aromatic rings. The van der Waals surface area contributed by atoms with Crippen molar-refractivity contribution in [2.75, 3.05) is 5.73 Å². The molecular formula is C14H15ClFN3O2. The number of halogens is 2. The Bertz CT molecular complexity index is 689. The van der Waals surface area contributed by atoms with Gasteiger partial charge in [-0.15, -0.1) is 0 Å². The molecule has 0 fully saturated rings. The molecule has 0 spiro atoms. The molecule has 0 saturated heterocycles. The molecule has 0 radical (unpaired) electrons. The lowest BCUT2D eigenvalue weighted by molar-refractivity contribution is 0.0463. The summed E-state index contributed by atoms with van der Waals surface area (Å²) in [7, 11) is 1.70. The molecule has 0 saturated carbocycles. The molecule has 7 heteroatoms. The molecule has 1 aromatic carbocycles. The maximum atomic E-state index is 13.6. The molecule has 21 heavy (non-hydrogen) atoms. The van der Waals surface area contributed by atoms with Gasteiger partial charge in [-0.3, -0.25) is 4.68 Å². The summed E-state index contributed by atoms with van der Waals surface area (Å²) in [6.07, 6.45) is 0. The van der Waals surface area contributed by atoms with Gasteiger partial charge in [-0.25, -0.2) is 9.18 Å². The van der Waals surface area contributed by atoms with Crippen LogP contribution in [-0.4, -0.2) is 15.7 Å². The maximum absolute atomic E-state index is 13.6. The van der Waals surface area contributed by atoms with E-state index in [-0.39, 0.29) is 17.9 Å². The number of carbonyl (C=O) groups excluding carboxylic acids is 1. The molecule has 1 heterocycles. The van der Waals surface area contributed by atoms with Gasteiger partial charge >= 0.3 is 5.97 Å². The van der Waals surface area contributed by atoms with Crippen molar-refractivity contribution in [3.05, 3.63) is 45.5 Å². The Labute approximate surface area is 126 Å². The average molecular weight is 312 g/mol. The molecular weight excluding hydrogens is 297 g/mol. The molecule has 0 aliphatic rings. The zero-order valence-electron chi connectivity index (χ0n) is 11.9. The molecule has 0 bridgehead atoms. The first-order valence-electron chi connectivity index (χ1n) is 6.22. The standard InChI is InChI=1S/C14H15ClFN3O2/c1-7-10(16)4-9(5-11(7)17)14(20)21-6-12-13(15)8(2)18-19(12)3/h4-5H,6,17H2,1-3H3. The van der Waals surface area contributed by atoms with Gasteiger partial charge in [0.15, 0.2) is 0 Å². The SMILES string of the molecule is Cc1nn(C)c(COC(=O)c2cc(N)c(C)c(F)c2)c1Cl. The summed E-state index contributed by atoms with van der Waals surface area (Å²) in [6, 6.07) is 2.49. The Kier molecular flexibility index (Phi) is 4.18. The molecule has 0 unspecified atom stereocenters. The first kappa shape index (κ1) is 15.3.